The summed E-state index contributed by atoms with van der Waals surface area (Å²) < 4.78 is 17.3. The number of esters is 1. The predicted molar refractivity (Wildman–Crippen MR) is 102 cm³/mol. The molecule has 1 N–H and O–H groups in total. The molecule has 8 nitrogen and oxygen atoms in total. The van der Waals surface area contributed by atoms with Gasteiger partial charge in [0.1, 0.15) is 11.5 Å². The first-order chi connectivity index (χ1) is 13.5. The second kappa shape index (κ2) is 8.62. The highest BCUT2D eigenvalue weighted by molar-refractivity contribution is 6.31. The molecule has 146 valence electrons. The molecule has 2 aromatic heterocycles. The predicted octanol–water partition coefficient (Wildman–Crippen LogP) is 3.29. The second-order valence-electron chi connectivity index (χ2n) is 5.90. The molecule has 0 aliphatic heterocycles. The third-order valence-corrected chi connectivity index (χ3v) is 4.24. The second-order valence-corrected chi connectivity index (χ2v) is 6.30. The van der Waals surface area contributed by atoms with Gasteiger partial charge in [-0.25, -0.2) is 4.79 Å². The SMILES string of the molecule is COc1cc(Cl)c(C)cc1NC(=O)COC(=O)c1ccc(Cn2cccn2)o1. The molecule has 0 unspecified atom stereocenters. The Hall–Kier alpha value is -3.26. The number of aromatic nitrogens is 2. The largest absolute Gasteiger partial charge is 0.495 e. The smallest absolute Gasteiger partial charge is 0.374 e. The lowest BCUT2D eigenvalue weighted by molar-refractivity contribution is -0.119. The van der Waals surface area contributed by atoms with E-state index < -0.39 is 18.5 Å². The number of hydrogen-bond donors (Lipinski definition) is 1. The number of ether oxygens (including phenoxy) is 2. The van der Waals surface area contributed by atoms with Crippen molar-refractivity contribution in [3.63, 3.8) is 0 Å². The Balaban J connectivity index is 1.55. The zero-order valence-corrected chi connectivity index (χ0v) is 16.0. The van der Waals surface area contributed by atoms with Crippen molar-refractivity contribution in [3.05, 3.63) is 64.8 Å². The van der Waals surface area contributed by atoms with E-state index in [1.54, 1.807) is 48.3 Å². The van der Waals surface area contributed by atoms with Gasteiger partial charge in [0.2, 0.25) is 5.76 Å². The van der Waals surface area contributed by atoms with Gasteiger partial charge in [-0.1, -0.05) is 11.6 Å². The fourth-order valence-electron chi connectivity index (χ4n) is 2.44. The summed E-state index contributed by atoms with van der Waals surface area (Å²) in [4.78, 5) is 24.2. The number of benzene rings is 1. The van der Waals surface area contributed by atoms with Crippen molar-refractivity contribution in [1.82, 2.24) is 9.78 Å². The fourth-order valence-corrected chi connectivity index (χ4v) is 2.60. The molecule has 9 heteroatoms. The molecule has 0 atom stereocenters. The molecule has 0 aliphatic carbocycles. The van der Waals surface area contributed by atoms with Gasteiger partial charge >= 0.3 is 5.97 Å². The first-order valence-electron chi connectivity index (χ1n) is 8.33. The maximum absolute atomic E-state index is 12.1. The Morgan fingerprint density at radius 1 is 1.32 bits per heavy atom. The molecule has 2 heterocycles. The number of methoxy groups -OCH3 is 1. The molecular weight excluding hydrogens is 386 g/mol. The van der Waals surface area contributed by atoms with Gasteiger partial charge in [0, 0.05) is 23.5 Å². The fraction of sp³-hybridized carbons (Fsp3) is 0.211. The van der Waals surface area contributed by atoms with Crippen LogP contribution in [0, 0.1) is 6.92 Å². The molecule has 0 fully saturated rings. The van der Waals surface area contributed by atoms with Crippen LogP contribution in [0.4, 0.5) is 5.69 Å². The molecule has 0 bridgehead atoms. The van der Waals surface area contributed by atoms with Gasteiger partial charge in [-0.05, 0) is 36.8 Å². The molecule has 28 heavy (non-hydrogen) atoms. The standard InChI is InChI=1S/C19H18ClN3O5/c1-12-8-15(17(26-2)9-14(12)20)22-18(24)11-27-19(25)16-5-4-13(28-16)10-23-7-3-6-21-23/h3-9H,10-11H2,1-2H3,(H,22,24). The molecule has 0 aliphatic rings. The van der Waals surface area contributed by atoms with Crippen molar-refractivity contribution in [1.29, 1.82) is 0 Å². The topological polar surface area (TPSA) is 95.6 Å². The minimum atomic E-state index is -0.735. The quantitative estimate of drug-likeness (QED) is 0.608. The first-order valence-corrected chi connectivity index (χ1v) is 8.71. The van der Waals surface area contributed by atoms with Crippen molar-refractivity contribution >= 4 is 29.2 Å². The average molecular weight is 404 g/mol. The Labute approximate surface area is 166 Å². The lowest BCUT2D eigenvalue weighted by Gasteiger charge is -2.12. The Kier molecular flexibility index (Phi) is 6.00. The normalized spacial score (nSPS) is 10.5. The summed E-state index contributed by atoms with van der Waals surface area (Å²) in [7, 11) is 1.47. The van der Waals surface area contributed by atoms with Crippen LogP contribution in [0.1, 0.15) is 21.9 Å². The van der Waals surface area contributed by atoms with Gasteiger partial charge in [0.15, 0.2) is 6.61 Å². The molecule has 3 rings (SSSR count). The van der Waals surface area contributed by atoms with Crippen LogP contribution in [0.15, 0.2) is 47.1 Å². The number of carbonyl (C=O) groups excluding carboxylic acids is 2. The summed E-state index contributed by atoms with van der Waals surface area (Å²) in [5.41, 5.74) is 1.21. The lowest BCUT2D eigenvalue weighted by Crippen LogP contribution is -2.21. The average Bonchev–Trinajstić information content (AvgIpc) is 3.35. The van der Waals surface area contributed by atoms with E-state index in [9.17, 15) is 9.59 Å². The van der Waals surface area contributed by atoms with E-state index in [1.807, 2.05) is 0 Å². The van der Waals surface area contributed by atoms with E-state index >= 15 is 0 Å². The minimum Gasteiger partial charge on any atom is -0.495 e. The first kappa shape index (κ1) is 19.5. The van der Waals surface area contributed by atoms with Crippen LogP contribution in [0.25, 0.3) is 0 Å². The summed E-state index contributed by atoms with van der Waals surface area (Å²) in [6.07, 6.45) is 3.42. The van der Waals surface area contributed by atoms with Crippen molar-refractivity contribution in [2.24, 2.45) is 0 Å². The van der Waals surface area contributed by atoms with Gasteiger partial charge in [-0.3, -0.25) is 9.48 Å². The number of nitrogens with one attached hydrogen (secondary N) is 1. The number of hydrogen-bond acceptors (Lipinski definition) is 6. The van der Waals surface area contributed by atoms with Crippen LogP contribution in [-0.4, -0.2) is 35.4 Å². The summed E-state index contributed by atoms with van der Waals surface area (Å²) >= 11 is 6.04. The van der Waals surface area contributed by atoms with E-state index in [1.165, 1.54) is 13.2 Å². The number of amides is 1. The molecule has 1 amide bonds. The van der Waals surface area contributed by atoms with Crippen LogP contribution in [0.3, 0.4) is 0 Å². The monoisotopic (exact) mass is 403 g/mol. The van der Waals surface area contributed by atoms with Crippen LogP contribution in [0.5, 0.6) is 5.75 Å². The zero-order chi connectivity index (χ0) is 20.1. The van der Waals surface area contributed by atoms with Crippen molar-refractivity contribution in [2.45, 2.75) is 13.5 Å². The summed E-state index contributed by atoms with van der Waals surface area (Å²) in [5, 5.41) is 7.21. The highest BCUT2D eigenvalue weighted by Gasteiger charge is 2.16. The number of carbonyl (C=O) groups is 2. The van der Waals surface area contributed by atoms with E-state index in [0.29, 0.717) is 28.8 Å². The van der Waals surface area contributed by atoms with Gasteiger partial charge in [-0.2, -0.15) is 5.10 Å². The number of halogens is 1. The van der Waals surface area contributed by atoms with E-state index in [4.69, 9.17) is 25.5 Å². The number of anilines is 1. The van der Waals surface area contributed by atoms with Crippen molar-refractivity contribution in [2.75, 3.05) is 19.0 Å². The van der Waals surface area contributed by atoms with Crippen LogP contribution in [-0.2, 0) is 16.1 Å². The minimum absolute atomic E-state index is 0.00914. The summed E-state index contributed by atoms with van der Waals surface area (Å²) in [6, 6.07) is 8.20. The molecule has 0 radical (unpaired) electrons. The van der Waals surface area contributed by atoms with Crippen LogP contribution < -0.4 is 10.1 Å². The Morgan fingerprint density at radius 3 is 2.86 bits per heavy atom. The van der Waals surface area contributed by atoms with Crippen molar-refractivity contribution in [3.8, 4) is 5.75 Å². The highest BCUT2D eigenvalue weighted by Crippen LogP contribution is 2.30. The van der Waals surface area contributed by atoms with Crippen LogP contribution >= 0.6 is 11.6 Å². The van der Waals surface area contributed by atoms with Gasteiger partial charge in [0.05, 0.1) is 19.3 Å². The number of furan rings is 1. The third-order valence-electron chi connectivity index (χ3n) is 3.83. The van der Waals surface area contributed by atoms with Gasteiger partial charge in [0.25, 0.3) is 5.91 Å². The number of aryl methyl sites for hydroxylation is 1. The molecular formula is C19H18ClN3O5. The Bertz CT molecular complexity index is 982. The molecule has 1 aromatic carbocycles. The number of nitrogens with zero attached hydrogens (tertiary/aromatic N) is 2. The maximum Gasteiger partial charge on any atom is 0.374 e. The summed E-state index contributed by atoms with van der Waals surface area (Å²) in [5.74, 6) is -0.293. The van der Waals surface area contributed by atoms with Gasteiger partial charge < -0.3 is 19.2 Å². The van der Waals surface area contributed by atoms with Crippen molar-refractivity contribution < 1.29 is 23.5 Å². The van der Waals surface area contributed by atoms with E-state index in [2.05, 4.69) is 10.4 Å². The van der Waals surface area contributed by atoms with E-state index in [-0.39, 0.29) is 5.76 Å². The molecule has 0 saturated carbocycles. The van der Waals surface area contributed by atoms with Gasteiger partial charge in [-0.15, -0.1) is 0 Å². The zero-order valence-electron chi connectivity index (χ0n) is 15.3. The molecule has 0 saturated heterocycles. The lowest BCUT2D eigenvalue weighted by atomic mass is 10.2. The molecule has 0 spiro atoms. The van der Waals surface area contributed by atoms with E-state index in [0.717, 1.165) is 5.56 Å². The molecule has 3 aromatic rings. The highest BCUT2D eigenvalue weighted by atomic mass is 35.5. The Morgan fingerprint density at radius 2 is 2.14 bits per heavy atom. The third kappa shape index (κ3) is 4.72. The number of rotatable bonds is 7. The van der Waals surface area contributed by atoms with Crippen LogP contribution in [0.2, 0.25) is 5.02 Å². The summed E-state index contributed by atoms with van der Waals surface area (Å²) in [6.45, 7) is 1.71. The maximum atomic E-state index is 12.1.